The van der Waals surface area contributed by atoms with Gasteiger partial charge in [0.25, 0.3) is 0 Å². The fourth-order valence-electron chi connectivity index (χ4n) is 3.47. The van der Waals surface area contributed by atoms with Gasteiger partial charge in [0.15, 0.2) is 5.79 Å². The van der Waals surface area contributed by atoms with Crippen molar-refractivity contribution in [3.8, 4) is 0 Å². The van der Waals surface area contributed by atoms with Gasteiger partial charge >= 0.3 is 0 Å². The predicted molar refractivity (Wildman–Crippen MR) is 101 cm³/mol. The third-order valence-corrected chi connectivity index (χ3v) is 7.41. The van der Waals surface area contributed by atoms with Crippen molar-refractivity contribution in [2.75, 3.05) is 19.7 Å². The predicted octanol–water partition coefficient (Wildman–Crippen LogP) is 3.12. The van der Waals surface area contributed by atoms with Crippen molar-refractivity contribution < 1.29 is 17.9 Å². The number of nitrogens with zero attached hydrogens (tertiary/aromatic N) is 1. The normalized spacial score (nSPS) is 26.2. The van der Waals surface area contributed by atoms with Crippen molar-refractivity contribution >= 4 is 26.0 Å². The summed E-state index contributed by atoms with van der Waals surface area (Å²) in [5.41, 5.74) is 2.06. The van der Waals surface area contributed by atoms with Crippen molar-refractivity contribution in [1.82, 2.24) is 4.31 Å². The van der Waals surface area contributed by atoms with Crippen molar-refractivity contribution in [3.05, 3.63) is 64.1 Å². The lowest BCUT2D eigenvalue weighted by Crippen LogP contribution is -2.54. The van der Waals surface area contributed by atoms with Crippen LogP contribution in [0.25, 0.3) is 0 Å². The van der Waals surface area contributed by atoms with E-state index in [0.717, 1.165) is 15.6 Å². The number of benzene rings is 2. The van der Waals surface area contributed by atoms with Crippen LogP contribution in [0.3, 0.4) is 0 Å². The standard InChI is InChI=1S/C19H20BrNO4S/c1-14-6-8-17(9-7-14)26(22,23)21-11-16-12-24-19(13-21,25-16)10-15-4-2-3-5-18(15)20/h2-9,16H,10-13H2,1H3/t16-,19+/m0/s1. The third kappa shape index (κ3) is 3.34. The minimum absolute atomic E-state index is 0.182. The van der Waals surface area contributed by atoms with Gasteiger partial charge in [0.2, 0.25) is 10.0 Å². The average molecular weight is 438 g/mol. The van der Waals surface area contributed by atoms with Crippen LogP contribution in [-0.4, -0.2) is 44.3 Å². The highest BCUT2D eigenvalue weighted by atomic mass is 79.9. The van der Waals surface area contributed by atoms with Crippen molar-refractivity contribution in [3.63, 3.8) is 0 Å². The molecule has 2 aliphatic rings. The van der Waals surface area contributed by atoms with Gasteiger partial charge in [-0.2, -0.15) is 4.31 Å². The van der Waals surface area contributed by atoms with E-state index in [1.807, 2.05) is 43.3 Å². The topological polar surface area (TPSA) is 55.8 Å². The van der Waals surface area contributed by atoms with Crippen molar-refractivity contribution in [1.29, 1.82) is 0 Å². The molecular weight excluding hydrogens is 418 g/mol. The monoisotopic (exact) mass is 437 g/mol. The quantitative estimate of drug-likeness (QED) is 0.736. The zero-order valence-corrected chi connectivity index (χ0v) is 16.8. The summed E-state index contributed by atoms with van der Waals surface area (Å²) in [6.45, 7) is 2.84. The number of ether oxygens (including phenoxy) is 2. The highest BCUT2D eigenvalue weighted by molar-refractivity contribution is 9.10. The molecule has 0 N–H and O–H groups in total. The zero-order chi connectivity index (χ0) is 18.4. The molecule has 0 amide bonds. The minimum Gasteiger partial charge on any atom is -0.346 e. The Morgan fingerprint density at radius 2 is 1.92 bits per heavy atom. The van der Waals surface area contributed by atoms with E-state index in [0.29, 0.717) is 24.5 Å². The van der Waals surface area contributed by atoms with E-state index in [4.69, 9.17) is 9.47 Å². The van der Waals surface area contributed by atoms with Crippen LogP contribution in [0.15, 0.2) is 57.9 Å². The summed E-state index contributed by atoms with van der Waals surface area (Å²) >= 11 is 3.55. The molecule has 26 heavy (non-hydrogen) atoms. The fourth-order valence-corrected chi connectivity index (χ4v) is 5.41. The Labute approximate surface area is 162 Å². The second kappa shape index (κ2) is 6.73. The molecule has 5 nitrogen and oxygen atoms in total. The summed E-state index contributed by atoms with van der Waals surface area (Å²) in [6.07, 6.45) is 0.247. The van der Waals surface area contributed by atoms with Gasteiger partial charge in [-0.05, 0) is 30.7 Å². The lowest BCUT2D eigenvalue weighted by atomic mass is 10.0. The second-order valence-corrected chi connectivity index (χ2v) is 9.63. The number of hydrogen-bond donors (Lipinski definition) is 0. The van der Waals surface area contributed by atoms with E-state index >= 15 is 0 Å². The van der Waals surface area contributed by atoms with Gasteiger partial charge in [-0.15, -0.1) is 0 Å². The first-order valence-electron chi connectivity index (χ1n) is 8.50. The van der Waals surface area contributed by atoms with Gasteiger partial charge in [0, 0.05) is 17.4 Å². The van der Waals surface area contributed by atoms with Crippen molar-refractivity contribution in [2.45, 2.75) is 30.1 Å². The lowest BCUT2D eigenvalue weighted by molar-refractivity contribution is -0.191. The minimum atomic E-state index is -3.58. The molecular formula is C19H20BrNO4S. The molecule has 2 fully saturated rings. The number of halogens is 1. The van der Waals surface area contributed by atoms with E-state index in [1.54, 1.807) is 12.1 Å². The molecule has 2 aliphatic heterocycles. The molecule has 2 aromatic carbocycles. The second-order valence-electron chi connectivity index (χ2n) is 6.84. The first-order valence-corrected chi connectivity index (χ1v) is 10.7. The van der Waals surface area contributed by atoms with Gasteiger partial charge in [0.05, 0.1) is 24.2 Å². The Balaban J connectivity index is 1.62. The molecule has 138 valence electrons. The summed E-state index contributed by atoms with van der Waals surface area (Å²) in [4.78, 5) is 0.306. The molecule has 2 aromatic rings. The van der Waals surface area contributed by atoms with Crippen LogP contribution >= 0.6 is 15.9 Å². The molecule has 2 bridgehead atoms. The Morgan fingerprint density at radius 3 is 2.65 bits per heavy atom. The Kier molecular flexibility index (Phi) is 4.69. The molecule has 0 unspecified atom stereocenters. The van der Waals surface area contributed by atoms with Gasteiger partial charge in [-0.25, -0.2) is 8.42 Å². The maximum atomic E-state index is 13.1. The number of morpholine rings is 1. The average Bonchev–Trinajstić information content (AvgIpc) is 2.91. The number of sulfonamides is 1. The van der Waals surface area contributed by atoms with Crippen LogP contribution in [0.4, 0.5) is 0 Å². The highest BCUT2D eigenvalue weighted by Crippen LogP contribution is 2.37. The summed E-state index contributed by atoms with van der Waals surface area (Å²) in [7, 11) is -3.58. The Morgan fingerprint density at radius 1 is 1.19 bits per heavy atom. The first kappa shape index (κ1) is 18.1. The largest absolute Gasteiger partial charge is 0.346 e. The Hall–Kier alpha value is -1.25. The van der Waals surface area contributed by atoms with Gasteiger partial charge in [-0.1, -0.05) is 51.8 Å². The molecule has 0 radical (unpaired) electrons. The maximum Gasteiger partial charge on any atom is 0.243 e. The summed E-state index contributed by atoms with van der Waals surface area (Å²) < 4.78 is 40.7. The van der Waals surface area contributed by atoms with Crippen LogP contribution in [0.2, 0.25) is 0 Å². The van der Waals surface area contributed by atoms with Crippen LogP contribution in [0, 0.1) is 6.92 Å². The smallest absolute Gasteiger partial charge is 0.243 e. The van der Waals surface area contributed by atoms with Gasteiger partial charge in [0.1, 0.15) is 0 Å². The SMILES string of the molecule is Cc1ccc(S(=O)(=O)N2C[C@H]3CO[C@@](Cc4ccccc4Br)(C2)O3)cc1. The number of aryl methyl sites for hydroxylation is 1. The third-order valence-electron chi connectivity index (χ3n) is 4.81. The maximum absolute atomic E-state index is 13.1. The van der Waals surface area contributed by atoms with E-state index in [9.17, 15) is 8.42 Å². The number of hydrogen-bond acceptors (Lipinski definition) is 4. The molecule has 0 aliphatic carbocycles. The van der Waals surface area contributed by atoms with E-state index in [-0.39, 0.29) is 12.6 Å². The first-order chi connectivity index (χ1) is 12.4. The number of fused-ring (bicyclic) bond motifs is 2. The van der Waals surface area contributed by atoms with Crippen LogP contribution in [-0.2, 0) is 25.9 Å². The van der Waals surface area contributed by atoms with Crippen LogP contribution < -0.4 is 0 Å². The summed E-state index contributed by atoms with van der Waals surface area (Å²) in [6, 6.07) is 14.8. The molecule has 2 heterocycles. The molecule has 7 heteroatoms. The van der Waals surface area contributed by atoms with E-state index in [1.165, 1.54) is 4.31 Å². The Bertz CT molecular complexity index is 915. The summed E-state index contributed by atoms with van der Waals surface area (Å²) in [5, 5.41) is 0. The van der Waals surface area contributed by atoms with E-state index in [2.05, 4.69) is 15.9 Å². The lowest BCUT2D eigenvalue weighted by Gasteiger charge is -2.38. The molecule has 0 spiro atoms. The molecule has 0 aromatic heterocycles. The molecule has 2 atom stereocenters. The van der Waals surface area contributed by atoms with Crippen LogP contribution in [0.5, 0.6) is 0 Å². The molecule has 0 saturated carbocycles. The molecule has 2 saturated heterocycles. The van der Waals surface area contributed by atoms with Gasteiger partial charge < -0.3 is 9.47 Å². The van der Waals surface area contributed by atoms with Gasteiger partial charge in [-0.3, -0.25) is 0 Å². The van der Waals surface area contributed by atoms with E-state index < -0.39 is 15.8 Å². The molecule has 4 rings (SSSR count). The highest BCUT2D eigenvalue weighted by Gasteiger charge is 2.50. The zero-order valence-electron chi connectivity index (χ0n) is 14.4. The van der Waals surface area contributed by atoms with Crippen molar-refractivity contribution in [2.24, 2.45) is 0 Å². The summed E-state index contributed by atoms with van der Waals surface area (Å²) in [5.74, 6) is -0.940. The van der Waals surface area contributed by atoms with Crippen LogP contribution in [0.1, 0.15) is 11.1 Å². The number of rotatable bonds is 4. The fraction of sp³-hybridized carbons (Fsp3) is 0.368.